The van der Waals surface area contributed by atoms with E-state index in [2.05, 4.69) is 25.3 Å². The Bertz CT molecular complexity index is 1370. The Labute approximate surface area is 211 Å². The summed E-state index contributed by atoms with van der Waals surface area (Å²) in [5.74, 6) is -1.92. The van der Waals surface area contributed by atoms with Gasteiger partial charge in [-0.15, -0.1) is 5.10 Å². The maximum atomic E-state index is 15.0. The molecule has 2 amide bonds. The summed E-state index contributed by atoms with van der Waals surface area (Å²) in [4.78, 5) is 40.5. The molecule has 6 rings (SSSR count). The van der Waals surface area contributed by atoms with Crippen molar-refractivity contribution in [2.75, 3.05) is 55.2 Å². The normalized spacial score (nSPS) is 22.0. The van der Waals surface area contributed by atoms with Crippen LogP contribution in [-0.2, 0) is 4.79 Å². The molecule has 3 aromatic heterocycles. The molecule has 37 heavy (non-hydrogen) atoms. The highest BCUT2D eigenvalue weighted by molar-refractivity contribution is 6.12. The number of amides is 2. The van der Waals surface area contributed by atoms with Crippen molar-refractivity contribution in [3.8, 4) is 0 Å². The molecule has 3 aromatic rings. The molecule has 2 bridgehead atoms. The number of pyridine rings is 1. The first-order valence-electron chi connectivity index (χ1n) is 12.4. The van der Waals surface area contributed by atoms with Gasteiger partial charge in [0.1, 0.15) is 11.3 Å². The zero-order valence-corrected chi connectivity index (χ0v) is 20.1. The number of aromatic nitrogens is 4. The Morgan fingerprint density at radius 3 is 2.65 bits per heavy atom. The van der Waals surface area contributed by atoms with Gasteiger partial charge in [0.05, 0.1) is 30.5 Å². The van der Waals surface area contributed by atoms with Crippen molar-refractivity contribution >= 4 is 34.7 Å². The first-order valence-corrected chi connectivity index (χ1v) is 12.4. The number of carbonyl (C=O) groups excluding carboxylic acids is 2. The summed E-state index contributed by atoms with van der Waals surface area (Å²) in [5, 5.41) is 6.61. The number of fused-ring (bicyclic) bond motifs is 3. The molecule has 0 saturated carbocycles. The van der Waals surface area contributed by atoms with E-state index in [0.29, 0.717) is 32.0 Å². The SMILES string of the molecule is Nc1nn2cc(F)cnc2c1C(=O)Nc1cncc(F)c1N1CCC(C(=O)N2CCN3CC[C@@H]2C3)CC1. The highest BCUT2D eigenvalue weighted by atomic mass is 19.1. The van der Waals surface area contributed by atoms with Crippen molar-refractivity contribution in [2.24, 2.45) is 5.92 Å². The average molecular weight is 512 g/mol. The molecule has 0 spiro atoms. The van der Waals surface area contributed by atoms with E-state index in [9.17, 15) is 14.0 Å². The molecule has 0 radical (unpaired) electrons. The molecule has 0 aliphatic carbocycles. The minimum atomic E-state index is -0.666. The van der Waals surface area contributed by atoms with Crippen molar-refractivity contribution in [3.05, 3.63) is 42.0 Å². The quantitative estimate of drug-likeness (QED) is 0.538. The van der Waals surface area contributed by atoms with Crippen LogP contribution in [0.2, 0.25) is 0 Å². The summed E-state index contributed by atoms with van der Waals surface area (Å²) in [6.07, 6.45) is 6.69. The third kappa shape index (κ3) is 4.22. The van der Waals surface area contributed by atoms with Crippen LogP contribution < -0.4 is 16.0 Å². The molecule has 3 aliphatic rings. The van der Waals surface area contributed by atoms with Gasteiger partial charge in [0.2, 0.25) is 5.91 Å². The summed E-state index contributed by atoms with van der Waals surface area (Å²) in [5.41, 5.74) is 6.29. The number of hydrogen-bond donors (Lipinski definition) is 2. The van der Waals surface area contributed by atoms with Gasteiger partial charge < -0.3 is 20.9 Å². The van der Waals surface area contributed by atoms with Crippen LogP contribution in [0, 0.1) is 17.6 Å². The standard InChI is InChI=1S/C24H27F2N9O2/c25-15-9-29-22-19(21(27)31-35(22)12-15)23(36)30-18-11-28-10-17(26)20(18)33-5-1-14(2-6-33)24(37)34-8-7-32-4-3-16(34)13-32/h9-12,14,16H,1-8,13H2,(H2,27,31)(H,30,36)/t16-/m1/s1. The van der Waals surface area contributed by atoms with E-state index in [1.165, 1.54) is 6.20 Å². The number of nitrogens with zero attached hydrogens (tertiary/aromatic N) is 7. The molecular weight excluding hydrogens is 484 g/mol. The van der Waals surface area contributed by atoms with Crippen LogP contribution in [0.3, 0.4) is 0 Å². The summed E-state index contributed by atoms with van der Waals surface area (Å²) in [6, 6.07) is 0.303. The summed E-state index contributed by atoms with van der Waals surface area (Å²) in [6.45, 7) is 4.63. The highest BCUT2D eigenvalue weighted by Gasteiger charge is 2.38. The fraction of sp³-hybridized carbons (Fsp3) is 0.458. The molecule has 3 fully saturated rings. The molecule has 13 heteroatoms. The van der Waals surface area contributed by atoms with E-state index < -0.39 is 17.5 Å². The first-order chi connectivity index (χ1) is 17.9. The van der Waals surface area contributed by atoms with Gasteiger partial charge in [0, 0.05) is 51.2 Å². The lowest BCUT2D eigenvalue weighted by atomic mass is 9.93. The number of hydrogen-bond acceptors (Lipinski definition) is 8. The second kappa shape index (κ2) is 9.21. The van der Waals surface area contributed by atoms with Crippen molar-refractivity contribution in [1.29, 1.82) is 0 Å². The summed E-state index contributed by atoms with van der Waals surface area (Å²) >= 11 is 0. The van der Waals surface area contributed by atoms with E-state index in [4.69, 9.17) is 5.73 Å². The average Bonchev–Trinajstić information content (AvgIpc) is 3.42. The van der Waals surface area contributed by atoms with Crippen molar-refractivity contribution in [2.45, 2.75) is 25.3 Å². The number of nitrogen functional groups attached to an aromatic ring is 1. The minimum Gasteiger partial charge on any atom is -0.381 e. The number of carbonyl (C=O) groups is 2. The lowest BCUT2D eigenvalue weighted by Crippen LogP contribution is -2.52. The molecular formula is C24H27F2N9O2. The highest BCUT2D eigenvalue weighted by Crippen LogP contribution is 2.34. The van der Waals surface area contributed by atoms with E-state index in [-0.39, 0.29) is 40.2 Å². The third-order valence-corrected chi connectivity index (χ3v) is 7.61. The molecule has 194 valence electrons. The number of halogens is 2. The fourth-order valence-electron chi connectivity index (χ4n) is 5.75. The lowest BCUT2D eigenvalue weighted by Gasteiger charge is -2.39. The van der Waals surface area contributed by atoms with Crippen LogP contribution in [0.25, 0.3) is 5.65 Å². The van der Waals surface area contributed by atoms with Crippen molar-refractivity contribution in [1.82, 2.24) is 29.4 Å². The number of nitrogens with two attached hydrogens (primary N) is 1. The van der Waals surface area contributed by atoms with E-state index >= 15 is 4.39 Å². The number of piperazine rings is 1. The molecule has 3 saturated heterocycles. The zero-order chi connectivity index (χ0) is 25.7. The number of piperidine rings is 1. The smallest absolute Gasteiger partial charge is 0.263 e. The van der Waals surface area contributed by atoms with Crippen LogP contribution in [-0.4, -0.2) is 86.5 Å². The zero-order valence-electron chi connectivity index (χ0n) is 20.1. The van der Waals surface area contributed by atoms with Gasteiger partial charge in [-0.3, -0.25) is 19.5 Å². The van der Waals surface area contributed by atoms with E-state index in [1.807, 2.05) is 9.80 Å². The Balaban J connectivity index is 1.18. The minimum absolute atomic E-state index is 0.0495. The van der Waals surface area contributed by atoms with Crippen molar-refractivity contribution in [3.63, 3.8) is 0 Å². The van der Waals surface area contributed by atoms with Gasteiger partial charge in [-0.1, -0.05) is 0 Å². The monoisotopic (exact) mass is 511 g/mol. The molecule has 3 N–H and O–H groups in total. The predicted octanol–water partition coefficient (Wildman–Crippen LogP) is 1.37. The lowest BCUT2D eigenvalue weighted by molar-refractivity contribution is -0.139. The van der Waals surface area contributed by atoms with Crippen LogP contribution in [0.1, 0.15) is 29.6 Å². The largest absolute Gasteiger partial charge is 0.381 e. The van der Waals surface area contributed by atoms with Gasteiger partial charge >= 0.3 is 0 Å². The maximum Gasteiger partial charge on any atom is 0.263 e. The predicted molar refractivity (Wildman–Crippen MR) is 131 cm³/mol. The molecule has 2 atom stereocenters. The van der Waals surface area contributed by atoms with Gasteiger partial charge in [0.15, 0.2) is 23.1 Å². The molecule has 11 nitrogen and oxygen atoms in total. The molecule has 0 aromatic carbocycles. The van der Waals surface area contributed by atoms with E-state index in [0.717, 1.165) is 55.7 Å². The van der Waals surface area contributed by atoms with Gasteiger partial charge in [-0.25, -0.2) is 18.3 Å². The third-order valence-electron chi connectivity index (χ3n) is 7.61. The van der Waals surface area contributed by atoms with Crippen molar-refractivity contribution < 1.29 is 18.4 Å². The van der Waals surface area contributed by atoms with Gasteiger partial charge in [-0.2, -0.15) is 0 Å². The fourth-order valence-corrected chi connectivity index (χ4v) is 5.75. The second-order valence-corrected chi connectivity index (χ2v) is 9.81. The van der Waals surface area contributed by atoms with Crippen LogP contribution in [0.5, 0.6) is 0 Å². The Kier molecular flexibility index (Phi) is 5.86. The first kappa shape index (κ1) is 23.5. The van der Waals surface area contributed by atoms with Gasteiger partial charge in [-0.05, 0) is 19.3 Å². The molecule has 3 aliphatic heterocycles. The number of nitrogens with one attached hydrogen (secondary N) is 1. The Hall–Kier alpha value is -3.87. The van der Waals surface area contributed by atoms with Crippen LogP contribution in [0.15, 0.2) is 24.8 Å². The summed E-state index contributed by atoms with van der Waals surface area (Å²) in [7, 11) is 0. The Morgan fingerprint density at radius 2 is 1.84 bits per heavy atom. The van der Waals surface area contributed by atoms with Crippen LogP contribution >= 0.6 is 0 Å². The summed E-state index contributed by atoms with van der Waals surface area (Å²) < 4.78 is 29.6. The van der Waals surface area contributed by atoms with Gasteiger partial charge in [0.25, 0.3) is 5.91 Å². The maximum absolute atomic E-state index is 15.0. The molecule has 6 heterocycles. The Morgan fingerprint density at radius 1 is 1.03 bits per heavy atom. The van der Waals surface area contributed by atoms with E-state index in [1.54, 1.807) is 0 Å². The molecule has 1 unspecified atom stereocenters. The van der Waals surface area contributed by atoms with Crippen LogP contribution in [0.4, 0.5) is 26.0 Å². The number of rotatable bonds is 4. The number of anilines is 3. The second-order valence-electron chi connectivity index (χ2n) is 9.81. The topological polar surface area (TPSA) is 125 Å².